The van der Waals surface area contributed by atoms with Crippen molar-refractivity contribution in [3.05, 3.63) is 23.2 Å². The van der Waals surface area contributed by atoms with E-state index in [9.17, 15) is 19.2 Å². The number of nitrogens with zero attached hydrogens (tertiary/aromatic N) is 3. The molecular formula is C19H28AlN3O5. The minimum Gasteiger partial charge on any atom is -0.481 e. The van der Waals surface area contributed by atoms with E-state index in [-0.39, 0.29) is 34.7 Å². The lowest BCUT2D eigenvalue weighted by molar-refractivity contribution is -0.146. The van der Waals surface area contributed by atoms with Gasteiger partial charge >= 0.3 is 5.97 Å². The summed E-state index contributed by atoms with van der Waals surface area (Å²) in [5, 5.41) is 8.45. The van der Waals surface area contributed by atoms with Crippen molar-refractivity contribution >= 4 is 40.7 Å². The maximum atomic E-state index is 12.4. The second kappa shape index (κ2) is 8.93. The van der Waals surface area contributed by atoms with Gasteiger partial charge < -0.3 is 19.8 Å². The molecule has 4 aliphatic rings. The molecule has 0 aromatic rings. The van der Waals surface area contributed by atoms with Gasteiger partial charge in [-0.2, -0.15) is 0 Å². The van der Waals surface area contributed by atoms with Gasteiger partial charge in [-0.15, -0.1) is 0 Å². The molecule has 0 amide bonds. The van der Waals surface area contributed by atoms with Gasteiger partial charge in [0.05, 0.1) is 5.70 Å². The van der Waals surface area contributed by atoms with E-state index in [0.29, 0.717) is 23.5 Å². The first kappa shape index (κ1) is 22.2. The van der Waals surface area contributed by atoms with Crippen LogP contribution in [0.4, 0.5) is 0 Å². The van der Waals surface area contributed by atoms with Gasteiger partial charge in [0.2, 0.25) is 11.6 Å². The molecular weight excluding hydrogens is 377 g/mol. The Balaban J connectivity index is 0.000000224. The Kier molecular flexibility index (Phi) is 7.07. The smallest absolute Gasteiger partial charge is 0.314 e. The predicted molar refractivity (Wildman–Crippen MR) is 106 cm³/mol. The van der Waals surface area contributed by atoms with Gasteiger partial charge in [-0.1, -0.05) is 13.3 Å². The summed E-state index contributed by atoms with van der Waals surface area (Å²) in [4.78, 5) is 51.4. The van der Waals surface area contributed by atoms with Gasteiger partial charge in [0.1, 0.15) is 23.1 Å². The summed E-state index contributed by atoms with van der Waals surface area (Å²) in [6, 6.07) is 0. The number of ketones is 3. The Bertz CT molecular complexity index is 735. The number of rotatable bonds is 7. The van der Waals surface area contributed by atoms with Crippen molar-refractivity contribution in [1.29, 1.82) is 0 Å². The highest BCUT2D eigenvalue weighted by atomic mass is 27.0. The molecule has 0 radical (unpaired) electrons. The standard InChI is InChI=1S/C12H13N3O2.C7H12O3.Al.3H/c16-9-7-8(13-1-2-13)12(17)11(15-5-6-15)10(9)14-3-4-14;1-3-4-6(5(2)8)7(9)10;;;;/h7H,1-6H2;6H,3-4H2,1-2H3,(H,9,10);;;;. The molecule has 3 aliphatic heterocycles. The largest absolute Gasteiger partial charge is 0.481 e. The number of carbonyl (C=O) groups is 4. The van der Waals surface area contributed by atoms with Crippen LogP contribution in [-0.4, -0.2) is 99.8 Å². The Labute approximate surface area is 175 Å². The van der Waals surface area contributed by atoms with E-state index in [4.69, 9.17) is 5.11 Å². The van der Waals surface area contributed by atoms with Gasteiger partial charge in [-0.25, -0.2) is 0 Å². The van der Waals surface area contributed by atoms with Crippen molar-refractivity contribution in [1.82, 2.24) is 14.7 Å². The molecule has 3 heterocycles. The third-order valence-corrected chi connectivity index (χ3v) is 4.85. The number of aliphatic carboxylic acids is 1. The first-order valence-electron chi connectivity index (χ1n) is 9.38. The second-order valence-electron chi connectivity index (χ2n) is 7.17. The maximum absolute atomic E-state index is 12.4. The van der Waals surface area contributed by atoms with E-state index in [1.165, 1.54) is 13.0 Å². The molecule has 3 fully saturated rings. The van der Waals surface area contributed by atoms with Gasteiger partial charge in [-0.05, 0) is 13.3 Å². The summed E-state index contributed by atoms with van der Waals surface area (Å²) in [6.45, 7) is 8.58. The third kappa shape index (κ3) is 5.03. The second-order valence-corrected chi connectivity index (χ2v) is 7.17. The van der Waals surface area contributed by atoms with Crippen LogP contribution in [0, 0.1) is 5.92 Å². The molecule has 8 nitrogen and oxygen atoms in total. The predicted octanol–water partition coefficient (Wildman–Crippen LogP) is -0.927. The fraction of sp³-hybridized carbons (Fsp3) is 0.579. The molecule has 0 spiro atoms. The number of Topliss-reactive ketones (excluding diaryl/α,β-unsaturated/α-hetero) is 2. The van der Waals surface area contributed by atoms with Crippen LogP contribution < -0.4 is 0 Å². The van der Waals surface area contributed by atoms with Crippen molar-refractivity contribution < 1.29 is 24.3 Å². The zero-order valence-electron chi connectivity index (χ0n) is 15.7. The molecule has 1 aliphatic carbocycles. The Hall–Kier alpha value is -2.11. The van der Waals surface area contributed by atoms with E-state index < -0.39 is 11.9 Å². The molecule has 0 aromatic carbocycles. The topological polar surface area (TPSA) is 97.5 Å². The van der Waals surface area contributed by atoms with Crippen LogP contribution >= 0.6 is 0 Å². The van der Waals surface area contributed by atoms with Gasteiger partial charge in [0, 0.05) is 45.3 Å². The van der Waals surface area contributed by atoms with Crippen molar-refractivity contribution in [2.24, 2.45) is 5.92 Å². The number of hydrogen-bond acceptors (Lipinski definition) is 7. The van der Waals surface area contributed by atoms with Gasteiger partial charge in [-0.3, -0.25) is 19.2 Å². The fourth-order valence-corrected chi connectivity index (χ4v) is 3.06. The van der Waals surface area contributed by atoms with Crippen molar-refractivity contribution in [3.63, 3.8) is 0 Å². The molecule has 1 unspecified atom stereocenters. The summed E-state index contributed by atoms with van der Waals surface area (Å²) in [6.07, 6.45) is 2.71. The Morgan fingerprint density at radius 3 is 1.86 bits per heavy atom. The molecule has 0 aromatic heterocycles. The highest BCUT2D eigenvalue weighted by molar-refractivity contribution is 6.22. The van der Waals surface area contributed by atoms with Crippen molar-refractivity contribution in [2.75, 3.05) is 39.3 Å². The summed E-state index contributed by atoms with van der Waals surface area (Å²) >= 11 is 0. The summed E-state index contributed by atoms with van der Waals surface area (Å²) in [7, 11) is 0. The zero-order chi connectivity index (χ0) is 19.7. The summed E-state index contributed by atoms with van der Waals surface area (Å²) in [5.74, 6) is -2.00. The Morgan fingerprint density at radius 2 is 1.50 bits per heavy atom. The van der Waals surface area contributed by atoms with Crippen LogP contribution in [-0.2, 0) is 19.2 Å². The molecule has 1 N–H and O–H groups in total. The fourth-order valence-electron chi connectivity index (χ4n) is 3.06. The molecule has 0 saturated carbocycles. The highest BCUT2D eigenvalue weighted by Gasteiger charge is 2.43. The first-order valence-corrected chi connectivity index (χ1v) is 9.38. The molecule has 9 heteroatoms. The number of carboxylic acid groups (broad SMARTS) is 1. The lowest BCUT2D eigenvalue weighted by Crippen LogP contribution is -2.29. The van der Waals surface area contributed by atoms with Crippen LogP contribution in [0.5, 0.6) is 0 Å². The number of allylic oxidation sites excluding steroid dienone is 1. The molecule has 152 valence electrons. The normalized spacial score (nSPS) is 20.6. The van der Waals surface area contributed by atoms with Crippen LogP contribution in [0.2, 0.25) is 0 Å². The summed E-state index contributed by atoms with van der Waals surface area (Å²) in [5.41, 5.74) is 1.89. The highest BCUT2D eigenvalue weighted by Crippen LogP contribution is 2.33. The maximum Gasteiger partial charge on any atom is 0.314 e. The van der Waals surface area contributed by atoms with E-state index in [1.54, 1.807) is 0 Å². The minimum atomic E-state index is -1.01. The zero-order valence-corrected chi connectivity index (χ0v) is 15.7. The quantitative estimate of drug-likeness (QED) is 0.251. The lowest BCUT2D eigenvalue weighted by atomic mass is 10.0. The summed E-state index contributed by atoms with van der Waals surface area (Å²) < 4.78 is 0. The number of hydrogen-bond donors (Lipinski definition) is 1. The molecule has 0 bridgehead atoms. The first-order chi connectivity index (χ1) is 12.8. The van der Waals surface area contributed by atoms with Crippen molar-refractivity contribution in [3.8, 4) is 0 Å². The minimum absolute atomic E-state index is 0. The van der Waals surface area contributed by atoms with Crippen LogP contribution in [0.25, 0.3) is 0 Å². The lowest BCUT2D eigenvalue weighted by Gasteiger charge is -2.21. The molecule has 3 saturated heterocycles. The van der Waals surface area contributed by atoms with E-state index in [1.807, 2.05) is 21.6 Å². The van der Waals surface area contributed by atoms with E-state index in [0.717, 1.165) is 45.7 Å². The molecule has 4 rings (SSSR count). The van der Waals surface area contributed by atoms with Gasteiger partial charge in [0.15, 0.2) is 17.4 Å². The average Bonchev–Trinajstić information content (AvgIpc) is 3.48. The van der Waals surface area contributed by atoms with E-state index in [2.05, 4.69) is 0 Å². The Morgan fingerprint density at radius 1 is 1.00 bits per heavy atom. The average molecular weight is 405 g/mol. The molecule has 1 atom stereocenters. The number of carbonyl (C=O) groups excluding carboxylic acids is 3. The van der Waals surface area contributed by atoms with Crippen LogP contribution in [0.15, 0.2) is 23.2 Å². The van der Waals surface area contributed by atoms with E-state index >= 15 is 0 Å². The molecule has 28 heavy (non-hydrogen) atoms. The number of carboxylic acids is 1. The van der Waals surface area contributed by atoms with Crippen molar-refractivity contribution in [2.45, 2.75) is 26.7 Å². The van der Waals surface area contributed by atoms with Crippen LogP contribution in [0.1, 0.15) is 26.7 Å². The van der Waals surface area contributed by atoms with Gasteiger partial charge in [0.25, 0.3) is 0 Å². The monoisotopic (exact) mass is 405 g/mol. The third-order valence-electron chi connectivity index (χ3n) is 4.85. The van der Waals surface area contributed by atoms with Crippen LogP contribution in [0.3, 0.4) is 0 Å². The SMILES string of the molecule is CCCC(C(C)=O)C(=O)O.O=C1C=C(N2CC2)C(=O)C(N2CC2)=C1N1CC1.[AlH3].